The summed E-state index contributed by atoms with van der Waals surface area (Å²) in [4.78, 5) is 4.36. The Morgan fingerprint density at radius 2 is 1.82 bits per heavy atom. The molecule has 2 aromatic carbocycles. The Bertz CT molecular complexity index is 1050. The molecule has 0 radical (unpaired) electrons. The second-order valence-corrected chi connectivity index (χ2v) is 5.51. The molecule has 108 valence electrons. The smallest absolute Gasteiger partial charge is 0.146 e. The monoisotopic (exact) mass is 290 g/mol. The van der Waals surface area contributed by atoms with E-state index >= 15 is 0 Å². The van der Waals surface area contributed by atoms with Gasteiger partial charge in [0.25, 0.3) is 0 Å². The maximum atomic E-state index is 7.57. The number of furan rings is 1. The molecular formula is C20H17NO. The second kappa shape index (κ2) is 4.99. The van der Waals surface area contributed by atoms with Crippen molar-refractivity contribution in [1.29, 1.82) is 0 Å². The van der Waals surface area contributed by atoms with Gasteiger partial charge in [-0.15, -0.1) is 0 Å². The van der Waals surface area contributed by atoms with E-state index in [1.807, 2.05) is 54.7 Å². The average molecular weight is 290 g/mol. The van der Waals surface area contributed by atoms with E-state index in [1.165, 1.54) is 0 Å². The van der Waals surface area contributed by atoms with Crippen molar-refractivity contribution >= 4 is 21.9 Å². The Morgan fingerprint density at radius 1 is 1.00 bits per heavy atom. The maximum absolute atomic E-state index is 7.57. The molecule has 2 heterocycles. The molecule has 0 spiro atoms. The molecule has 0 saturated carbocycles. The highest BCUT2D eigenvalue weighted by atomic mass is 16.3. The Hall–Kier alpha value is -2.61. The van der Waals surface area contributed by atoms with Crippen molar-refractivity contribution in [2.45, 2.75) is 19.7 Å². The van der Waals surface area contributed by atoms with Crippen LogP contribution in [0.2, 0.25) is 0 Å². The summed E-state index contributed by atoms with van der Waals surface area (Å²) in [6.07, 6.45) is 3.60. The van der Waals surface area contributed by atoms with Gasteiger partial charge in [-0.2, -0.15) is 0 Å². The fourth-order valence-corrected chi connectivity index (χ4v) is 2.80. The molecule has 0 fully saturated rings. The van der Waals surface area contributed by atoms with Gasteiger partial charge in [0.15, 0.2) is 0 Å². The molecule has 0 saturated heterocycles. The van der Waals surface area contributed by atoms with Gasteiger partial charge in [0, 0.05) is 32.8 Å². The van der Waals surface area contributed by atoms with Crippen molar-refractivity contribution in [3.8, 4) is 11.1 Å². The number of rotatable bonds is 2. The zero-order chi connectivity index (χ0) is 17.6. The molecule has 0 amide bonds. The minimum absolute atomic E-state index is 0.498. The highest BCUT2D eigenvalue weighted by Gasteiger charge is 2.12. The lowest BCUT2D eigenvalue weighted by Crippen LogP contribution is -1.87. The zero-order valence-corrected chi connectivity index (χ0v) is 12.2. The van der Waals surface area contributed by atoms with Gasteiger partial charge >= 0.3 is 0 Å². The van der Waals surface area contributed by atoms with Crippen molar-refractivity contribution in [3.63, 3.8) is 0 Å². The van der Waals surface area contributed by atoms with Gasteiger partial charge in [-0.1, -0.05) is 56.2 Å². The van der Waals surface area contributed by atoms with Crippen LogP contribution in [0.15, 0.2) is 65.3 Å². The van der Waals surface area contributed by atoms with Crippen LogP contribution in [0, 0.1) is 0 Å². The second-order valence-electron chi connectivity index (χ2n) is 5.51. The first kappa shape index (κ1) is 10.2. The molecule has 0 aliphatic carbocycles. The summed E-state index contributed by atoms with van der Waals surface area (Å²) in [6.45, 7) is -0.272. The van der Waals surface area contributed by atoms with Crippen LogP contribution in [0.4, 0.5) is 0 Å². The highest BCUT2D eigenvalue weighted by molar-refractivity contribution is 6.08. The highest BCUT2D eigenvalue weighted by Crippen LogP contribution is 2.35. The van der Waals surface area contributed by atoms with E-state index in [4.69, 9.17) is 8.53 Å². The van der Waals surface area contributed by atoms with Crippen LogP contribution in [0.3, 0.4) is 0 Å². The van der Waals surface area contributed by atoms with Crippen molar-refractivity contribution in [3.05, 3.63) is 66.5 Å². The zero-order valence-electron chi connectivity index (χ0n) is 15.2. The van der Waals surface area contributed by atoms with Gasteiger partial charge < -0.3 is 4.42 Å². The Labute approximate surface area is 133 Å². The quantitative estimate of drug-likeness (QED) is 0.468. The minimum atomic E-state index is -2.00. The predicted octanol–water partition coefficient (Wildman–Crippen LogP) is 5.77. The van der Waals surface area contributed by atoms with Crippen LogP contribution in [-0.2, 0) is 0 Å². The van der Waals surface area contributed by atoms with E-state index in [-0.39, 0.29) is 0 Å². The van der Waals surface area contributed by atoms with Crippen LogP contribution < -0.4 is 0 Å². The van der Waals surface area contributed by atoms with E-state index in [9.17, 15) is 0 Å². The van der Waals surface area contributed by atoms with Crippen LogP contribution in [-0.4, -0.2) is 4.98 Å². The summed E-state index contributed by atoms with van der Waals surface area (Å²) in [7, 11) is 0. The first-order valence-electron chi connectivity index (χ1n) is 8.81. The van der Waals surface area contributed by atoms with Crippen molar-refractivity contribution < 1.29 is 8.53 Å². The third kappa shape index (κ3) is 2.00. The molecule has 0 aliphatic rings. The number of benzene rings is 2. The number of pyridine rings is 1. The van der Waals surface area contributed by atoms with Crippen LogP contribution in [0.25, 0.3) is 33.1 Å². The van der Waals surface area contributed by atoms with E-state index in [0.717, 1.165) is 38.6 Å². The van der Waals surface area contributed by atoms with Crippen molar-refractivity contribution in [2.75, 3.05) is 0 Å². The molecule has 4 aromatic rings. The van der Waals surface area contributed by atoms with Gasteiger partial charge in [0.2, 0.25) is 0 Å². The molecule has 2 aromatic heterocycles. The summed E-state index contributed by atoms with van der Waals surface area (Å²) >= 11 is 0. The third-order valence-corrected chi connectivity index (χ3v) is 4.01. The molecule has 4 rings (SSSR count). The number of hydrogen-bond donors (Lipinski definition) is 0. The number of fused-ring (bicyclic) bond motifs is 3. The van der Waals surface area contributed by atoms with Crippen LogP contribution in [0.1, 0.15) is 29.4 Å². The molecule has 2 heteroatoms. The van der Waals surface area contributed by atoms with Gasteiger partial charge in [-0.25, -0.2) is 0 Å². The molecule has 0 N–H and O–H groups in total. The van der Waals surface area contributed by atoms with Gasteiger partial charge in [-0.05, 0) is 23.1 Å². The molecule has 0 aliphatic heterocycles. The standard InChI is InChI=1S/C20H17NO/c1-13(2)14-7-9-15(10-8-14)17-11-21-12-18-16-5-3-4-6-19(16)22-20(17)18/h3-13H,1-2H3/i1D3. The molecular weight excluding hydrogens is 270 g/mol. The lowest BCUT2D eigenvalue weighted by molar-refractivity contribution is 0.669. The average Bonchev–Trinajstić information content (AvgIpc) is 2.99. The van der Waals surface area contributed by atoms with Gasteiger partial charge in [-0.3, -0.25) is 4.98 Å². The molecule has 0 bridgehead atoms. The number of para-hydroxylation sites is 1. The van der Waals surface area contributed by atoms with E-state index < -0.39 is 12.8 Å². The summed E-state index contributed by atoms with van der Waals surface area (Å²) in [6, 6.07) is 15.5. The maximum Gasteiger partial charge on any atom is 0.146 e. The number of aromatic nitrogens is 1. The Kier molecular flexibility index (Phi) is 2.31. The van der Waals surface area contributed by atoms with E-state index in [0.29, 0.717) is 0 Å². The SMILES string of the molecule is [2H]C([2H])([2H])C(C)c1ccc(-c2cncc3c2oc2ccccc23)cc1. The number of hydrogen-bond acceptors (Lipinski definition) is 2. The Morgan fingerprint density at radius 3 is 2.64 bits per heavy atom. The van der Waals surface area contributed by atoms with E-state index in [1.54, 1.807) is 13.1 Å². The molecule has 2 nitrogen and oxygen atoms in total. The third-order valence-electron chi connectivity index (χ3n) is 4.01. The topological polar surface area (TPSA) is 26.0 Å². The fraction of sp³-hybridized carbons (Fsp3) is 0.150. The van der Waals surface area contributed by atoms with Crippen molar-refractivity contribution in [1.82, 2.24) is 4.98 Å². The van der Waals surface area contributed by atoms with Gasteiger partial charge in [0.05, 0.1) is 0 Å². The number of nitrogens with zero attached hydrogens (tertiary/aromatic N) is 1. The van der Waals surface area contributed by atoms with Crippen molar-refractivity contribution in [2.24, 2.45) is 0 Å². The fourth-order valence-electron chi connectivity index (χ4n) is 2.80. The largest absolute Gasteiger partial charge is 0.455 e. The minimum Gasteiger partial charge on any atom is -0.455 e. The molecule has 1 unspecified atom stereocenters. The van der Waals surface area contributed by atoms with Crippen LogP contribution in [0.5, 0.6) is 0 Å². The first-order chi connectivity index (χ1) is 11.9. The predicted molar refractivity (Wildman–Crippen MR) is 91.0 cm³/mol. The Balaban J connectivity index is 1.82. The summed E-state index contributed by atoms with van der Waals surface area (Å²) in [5.41, 5.74) is 4.29. The van der Waals surface area contributed by atoms with E-state index in [2.05, 4.69) is 4.98 Å². The molecule has 22 heavy (non-hydrogen) atoms. The van der Waals surface area contributed by atoms with Crippen LogP contribution >= 0.6 is 0 Å². The summed E-state index contributed by atoms with van der Waals surface area (Å²) < 4.78 is 28.8. The first-order valence-corrected chi connectivity index (χ1v) is 7.31. The molecule has 1 atom stereocenters. The lowest BCUT2D eigenvalue weighted by Gasteiger charge is -2.07. The lowest BCUT2D eigenvalue weighted by atomic mass is 9.99. The van der Waals surface area contributed by atoms with Gasteiger partial charge in [0.1, 0.15) is 11.2 Å². The summed E-state index contributed by atoms with van der Waals surface area (Å²) in [5, 5.41) is 2.02. The summed E-state index contributed by atoms with van der Waals surface area (Å²) in [5.74, 6) is -0.498. The normalized spacial score (nSPS) is 15.4.